The number of benzene rings is 3. The lowest BCUT2D eigenvalue weighted by Gasteiger charge is -2.31. The van der Waals surface area contributed by atoms with E-state index in [9.17, 15) is 0 Å². The van der Waals surface area contributed by atoms with E-state index in [-0.39, 0.29) is 0 Å². The zero-order valence-electron chi connectivity index (χ0n) is 25.2. The fourth-order valence-electron chi connectivity index (χ4n) is 5.66. The molecule has 0 radical (unpaired) electrons. The van der Waals surface area contributed by atoms with Gasteiger partial charge in [0.1, 0.15) is 6.54 Å². The molecule has 3 aromatic rings. The molecule has 0 aliphatic carbocycles. The van der Waals surface area contributed by atoms with Crippen LogP contribution >= 0.6 is 11.8 Å². The summed E-state index contributed by atoms with van der Waals surface area (Å²) in [4.78, 5) is 2.51. The number of hydrogen-bond donors (Lipinski definition) is 0. The Hall–Kier alpha value is -2.49. The largest absolute Gasteiger partial charge is 0.363 e. The molecular formula is C35H49N2S+. The van der Waals surface area contributed by atoms with E-state index in [4.69, 9.17) is 0 Å². The Kier molecular flexibility index (Phi) is 10.7. The predicted molar refractivity (Wildman–Crippen MR) is 169 cm³/mol. The average Bonchev–Trinajstić information content (AvgIpc) is 2.77. The van der Waals surface area contributed by atoms with Crippen molar-refractivity contribution in [3.8, 4) is 0 Å². The summed E-state index contributed by atoms with van der Waals surface area (Å²) in [5, 5.41) is 1.17. The molecular weight excluding hydrogens is 480 g/mol. The third kappa shape index (κ3) is 10.0. The molecule has 0 aliphatic rings. The zero-order chi connectivity index (χ0) is 27.9. The zero-order valence-corrected chi connectivity index (χ0v) is 26.0. The first-order chi connectivity index (χ1) is 17.9. The van der Waals surface area contributed by atoms with Crippen LogP contribution in [0, 0.1) is 41.5 Å². The predicted octanol–water partition coefficient (Wildman–Crippen LogP) is 8.80. The highest BCUT2D eigenvalue weighted by molar-refractivity contribution is 8.02. The van der Waals surface area contributed by atoms with Crippen molar-refractivity contribution < 1.29 is 4.48 Å². The molecule has 0 aliphatic heterocycles. The van der Waals surface area contributed by atoms with Crippen LogP contribution < -0.4 is 0 Å². The highest BCUT2D eigenvalue weighted by Gasteiger charge is 2.17. The molecule has 3 aromatic carbocycles. The molecule has 2 nitrogen and oxygen atoms in total. The van der Waals surface area contributed by atoms with E-state index in [1.807, 2.05) is 11.8 Å². The quantitative estimate of drug-likeness (QED) is 0.161. The van der Waals surface area contributed by atoms with E-state index in [1.165, 1.54) is 74.5 Å². The van der Waals surface area contributed by atoms with E-state index >= 15 is 0 Å². The van der Waals surface area contributed by atoms with E-state index in [1.54, 1.807) is 0 Å². The maximum atomic E-state index is 4.54. The molecule has 0 atom stereocenters. The van der Waals surface area contributed by atoms with E-state index in [0.717, 1.165) is 29.9 Å². The average molecular weight is 530 g/mol. The lowest BCUT2D eigenvalue weighted by atomic mass is 10.1. The van der Waals surface area contributed by atoms with Gasteiger partial charge in [0.05, 0.1) is 25.7 Å². The van der Waals surface area contributed by atoms with Gasteiger partial charge in [-0.1, -0.05) is 94.6 Å². The van der Waals surface area contributed by atoms with Crippen molar-refractivity contribution in [1.29, 1.82) is 0 Å². The maximum Gasteiger partial charge on any atom is 0.104 e. The topological polar surface area (TPSA) is 3.24 Å². The van der Waals surface area contributed by atoms with Gasteiger partial charge in [0.25, 0.3) is 0 Å². The monoisotopic (exact) mass is 529 g/mol. The maximum absolute atomic E-state index is 4.54. The Labute approximate surface area is 237 Å². The first-order valence-electron chi connectivity index (χ1n) is 14.0. The highest BCUT2D eigenvalue weighted by Crippen LogP contribution is 2.27. The van der Waals surface area contributed by atoms with E-state index in [0.29, 0.717) is 0 Å². The summed E-state index contributed by atoms with van der Waals surface area (Å²) in [6, 6.07) is 20.7. The van der Waals surface area contributed by atoms with Gasteiger partial charge in [0.15, 0.2) is 0 Å². The normalized spacial score (nSPS) is 11.6. The van der Waals surface area contributed by atoms with Crippen molar-refractivity contribution in [3.63, 3.8) is 0 Å². The minimum atomic E-state index is 0.919. The summed E-state index contributed by atoms with van der Waals surface area (Å²) in [7, 11) is 4.73. The third-order valence-electron chi connectivity index (χ3n) is 7.03. The number of quaternary nitrogens is 1. The standard InChI is InChI=1S/C35H49N2S/c1-26-14-27(2)18-33(17-26)23-36(32(7)38-25-35-21-30(5)16-31(6)22-35)12-10-11-13-37(8,9)24-34-19-28(3)15-29(4)20-34/h14-22H,7,10-13,23-25H2,1-6,8-9H3/q+1. The number of thioether (sulfide) groups is 1. The molecule has 38 heavy (non-hydrogen) atoms. The second kappa shape index (κ2) is 13.5. The van der Waals surface area contributed by atoms with Gasteiger partial charge in [-0.15, -0.1) is 11.8 Å². The van der Waals surface area contributed by atoms with Gasteiger partial charge in [-0.05, 0) is 65.5 Å². The Morgan fingerprint density at radius 1 is 0.658 bits per heavy atom. The number of nitrogens with zero attached hydrogens (tertiary/aromatic N) is 2. The molecule has 3 rings (SSSR count). The third-order valence-corrected chi connectivity index (χ3v) is 8.10. The van der Waals surface area contributed by atoms with Crippen LogP contribution in [0.5, 0.6) is 0 Å². The summed E-state index contributed by atoms with van der Waals surface area (Å²) < 4.78 is 1.02. The summed E-state index contributed by atoms with van der Waals surface area (Å²) in [5.74, 6) is 0.963. The second-order valence-corrected chi connectivity index (χ2v) is 13.2. The Morgan fingerprint density at radius 3 is 1.61 bits per heavy atom. The molecule has 204 valence electrons. The highest BCUT2D eigenvalue weighted by atomic mass is 32.2. The van der Waals surface area contributed by atoms with Crippen LogP contribution in [0.15, 0.2) is 66.2 Å². The molecule has 0 saturated heterocycles. The van der Waals surface area contributed by atoms with Crippen LogP contribution in [0.25, 0.3) is 0 Å². The first-order valence-corrected chi connectivity index (χ1v) is 15.0. The van der Waals surface area contributed by atoms with E-state index < -0.39 is 0 Å². The Morgan fingerprint density at radius 2 is 1.11 bits per heavy atom. The van der Waals surface area contributed by atoms with Crippen molar-refractivity contribution >= 4 is 11.8 Å². The molecule has 0 saturated carbocycles. The van der Waals surface area contributed by atoms with Gasteiger partial charge in [-0.3, -0.25) is 0 Å². The van der Waals surface area contributed by atoms with Gasteiger partial charge in [0, 0.05) is 24.4 Å². The summed E-state index contributed by atoms with van der Waals surface area (Å²) in [5.41, 5.74) is 12.3. The smallest absolute Gasteiger partial charge is 0.104 e. The van der Waals surface area contributed by atoms with Crippen molar-refractivity contribution in [2.24, 2.45) is 0 Å². The van der Waals surface area contributed by atoms with Crippen molar-refractivity contribution in [1.82, 2.24) is 4.90 Å². The Balaban J connectivity index is 1.62. The number of unbranched alkanes of at least 4 members (excludes halogenated alkanes) is 1. The summed E-state index contributed by atoms with van der Waals surface area (Å²) >= 11 is 1.88. The van der Waals surface area contributed by atoms with Crippen LogP contribution in [0.2, 0.25) is 0 Å². The number of rotatable bonds is 13. The fraction of sp³-hybridized carbons (Fsp3) is 0.429. The minimum Gasteiger partial charge on any atom is -0.363 e. The molecule has 0 fully saturated rings. The lowest BCUT2D eigenvalue weighted by Crippen LogP contribution is -2.39. The van der Waals surface area contributed by atoms with Gasteiger partial charge in [-0.2, -0.15) is 0 Å². The second-order valence-electron chi connectivity index (χ2n) is 12.1. The molecule has 3 heteroatoms. The van der Waals surface area contributed by atoms with E-state index in [2.05, 4.69) is 122 Å². The molecule has 0 spiro atoms. The first kappa shape index (κ1) is 30.1. The fourth-order valence-corrected chi connectivity index (χ4v) is 6.50. The van der Waals surface area contributed by atoms with Crippen LogP contribution in [-0.2, 0) is 18.8 Å². The van der Waals surface area contributed by atoms with Crippen LogP contribution in [0.1, 0.15) is 62.9 Å². The van der Waals surface area contributed by atoms with Crippen molar-refractivity contribution in [3.05, 3.63) is 116 Å². The molecule has 0 unspecified atom stereocenters. The molecule has 0 aromatic heterocycles. The minimum absolute atomic E-state index is 0.919. The number of aryl methyl sites for hydroxylation is 6. The molecule has 0 heterocycles. The van der Waals surface area contributed by atoms with Gasteiger partial charge in [0.2, 0.25) is 0 Å². The summed E-state index contributed by atoms with van der Waals surface area (Å²) in [6.45, 7) is 21.9. The van der Waals surface area contributed by atoms with Crippen LogP contribution in [0.3, 0.4) is 0 Å². The van der Waals surface area contributed by atoms with Gasteiger partial charge in [-0.25, -0.2) is 0 Å². The number of hydrogen-bond acceptors (Lipinski definition) is 2. The van der Waals surface area contributed by atoms with Crippen molar-refractivity contribution in [2.45, 2.75) is 73.2 Å². The molecule has 0 N–H and O–H groups in total. The van der Waals surface area contributed by atoms with Crippen LogP contribution in [-0.4, -0.2) is 36.6 Å². The van der Waals surface area contributed by atoms with Crippen molar-refractivity contribution in [2.75, 3.05) is 27.2 Å². The SMILES string of the molecule is C=C(SCc1cc(C)cc(C)c1)N(CCCC[N+](C)(C)Cc1cc(C)cc(C)c1)Cc1cc(C)cc(C)c1. The lowest BCUT2D eigenvalue weighted by molar-refractivity contribution is -0.903. The van der Waals surface area contributed by atoms with Gasteiger partial charge < -0.3 is 9.38 Å². The van der Waals surface area contributed by atoms with Crippen LogP contribution in [0.4, 0.5) is 0 Å². The molecule has 0 amide bonds. The molecule has 0 bridgehead atoms. The van der Waals surface area contributed by atoms with Gasteiger partial charge >= 0.3 is 0 Å². The Bertz CT molecular complexity index is 1180. The summed E-state index contributed by atoms with van der Waals surface area (Å²) in [6.07, 6.45) is 2.37.